The van der Waals surface area contributed by atoms with E-state index in [1.54, 1.807) is 0 Å². The number of hydrogen-bond donors (Lipinski definition) is 1. The first-order valence-corrected chi connectivity index (χ1v) is 11.8. The van der Waals surface area contributed by atoms with E-state index in [1.165, 1.54) is 0 Å². The van der Waals surface area contributed by atoms with Crippen LogP contribution in [0.4, 0.5) is 0 Å². The second-order valence-corrected chi connectivity index (χ2v) is 8.38. The molecular weight excluding hydrogens is 388 g/mol. The van der Waals surface area contributed by atoms with Crippen molar-refractivity contribution < 1.29 is 24.2 Å². The molecule has 0 rings (SSSR count). The number of thiocarbonyl (C=S) groups is 1. The Morgan fingerprint density at radius 2 is 1.38 bits per heavy atom. The number of carbonyl (C=O) groups is 2. The molecule has 0 aromatic heterocycles. The molecule has 0 saturated carbocycles. The van der Waals surface area contributed by atoms with Gasteiger partial charge in [0.05, 0.1) is 19.6 Å². The molecule has 170 valence electrons. The lowest BCUT2D eigenvalue weighted by molar-refractivity contribution is -0.146. The van der Waals surface area contributed by atoms with Crippen LogP contribution in [0.15, 0.2) is 0 Å². The summed E-state index contributed by atoms with van der Waals surface area (Å²) in [6, 6.07) is 0. The normalized spacial score (nSPS) is 14.1. The monoisotopic (exact) mass is 430 g/mol. The zero-order valence-electron chi connectivity index (χ0n) is 18.9. The van der Waals surface area contributed by atoms with Gasteiger partial charge in [0.15, 0.2) is 5.05 Å². The largest absolute Gasteiger partial charge is 0.486 e. The van der Waals surface area contributed by atoms with Gasteiger partial charge in [0, 0.05) is 12.3 Å². The van der Waals surface area contributed by atoms with Gasteiger partial charge in [-0.05, 0) is 43.3 Å². The van der Waals surface area contributed by atoms with Crippen LogP contribution in [-0.2, 0) is 19.1 Å². The van der Waals surface area contributed by atoms with Crippen LogP contribution in [0.25, 0.3) is 0 Å². The highest BCUT2D eigenvalue weighted by molar-refractivity contribution is 7.80. The van der Waals surface area contributed by atoms with E-state index < -0.39 is 11.9 Å². The second kappa shape index (κ2) is 17.7. The van der Waals surface area contributed by atoms with E-state index >= 15 is 0 Å². The number of carbonyl (C=O) groups excluding carboxylic acids is 1. The average Bonchev–Trinajstić information content (AvgIpc) is 2.70. The van der Waals surface area contributed by atoms with Crippen LogP contribution < -0.4 is 0 Å². The third-order valence-electron chi connectivity index (χ3n) is 5.48. The zero-order chi connectivity index (χ0) is 22.1. The molecule has 0 amide bonds. The zero-order valence-corrected chi connectivity index (χ0v) is 19.7. The molecule has 3 unspecified atom stereocenters. The maximum atomic E-state index is 12.3. The minimum absolute atomic E-state index is 0.0391. The molecule has 0 aliphatic heterocycles. The summed E-state index contributed by atoms with van der Waals surface area (Å²) in [4.78, 5) is 23.3. The lowest BCUT2D eigenvalue weighted by Crippen LogP contribution is -2.24. The van der Waals surface area contributed by atoms with E-state index in [0.29, 0.717) is 36.5 Å². The average molecular weight is 431 g/mol. The van der Waals surface area contributed by atoms with Crippen LogP contribution >= 0.6 is 12.2 Å². The molecule has 6 heteroatoms. The lowest BCUT2D eigenvalue weighted by atomic mass is 9.98. The smallest absolute Gasteiger partial charge is 0.306 e. The van der Waals surface area contributed by atoms with Gasteiger partial charge < -0.3 is 14.6 Å². The minimum Gasteiger partial charge on any atom is -0.486 e. The fourth-order valence-corrected chi connectivity index (χ4v) is 3.46. The predicted octanol–water partition coefficient (Wildman–Crippen LogP) is 6.18. The van der Waals surface area contributed by atoms with Crippen molar-refractivity contribution in [3.05, 3.63) is 0 Å². The summed E-state index contributed by atoms with van der Waals surface area (Å²) in [7, 11) is 0. The number of rotatable bonds is 18. The Balaban J connectivity index is 4.66. The highest BCUT2D eigenvalue weighted by Gasteiger charge is 2.23. The summed E-state index contributed by atoms with van der Waals surface area (Å²) in [6.07, 6.45) is 9.04. The molecule has 29 heavy (non-hydrogen) atoms. The molecule has 1 N–H and O–H groups in total. The van der Waals surface area contributed by atoms with E-state index in [2.05, 4.69) is 27.7 Å². The SMILES string of the molecule is CCCCC(CC)COC(=O)CC(CCC(=O)O)C(=S)OCC(CC)CCCC. The van der Waals surface area contributed by atoms with Crippen molar-refractivity contribution in [1.29, 1.82) is 0 Å². The number of hydrogen-bond acceptors (Lipinski definition) is 5. The molecule has 3 atom stereocenters. The summed E-state index contributed by atoms with van der Waals surface area (Å²) in [5, 5.41) is 9.37. The third-order valence-corrected chi connectivity index (χ3v) is 5.93. The molecule has 0 fully saturated rings. The Labute approximate surface area is 182 Å². The van der Waals surface area contributed by atoms with Gasteiger partial charge in [-0.25, -0.2) is 0 Å². The third kappa shape index (κ3) is 14.5. The van der Waals surface area contributed by atoms with E-state index in [-0.39, 0.29) is 18.8 Å². The van der Waals surface area contributed by atoms with Crippen molar-refractivity contribution in [2.24, 2.45) is 17.8 Å². The maximum Gasteiger partial charge on any atom is 0.306 e. The number of carboxylic acid groups (broad SMARTS) is 1. The quantitative estimate of drug-likeness (QED) is 0.207. The van der Waals surface area contributed by atoms with E-state index in [9.17, 15) is 9.59 Å². The van der Waals surface area contributed by atoms with E-state index in [1.807, 2.05) is 0 Å². The predicted molar refractivity (Wildman–Crippen MR) is 121 cm³/mol. The molecule has 5 nitrogen and oxygen atoms in total. The number of aliphatic carboxylic acids is 1. The Morgan fingerprint density at radius 3 is 1.83 bits per heavy atom. The van der Waals surface area contributed by atoms with Crippen molar-refractivity contribution >= 4 is 29.2 Å². The maximum absolute atomic E-state index is 12.3. The van der Waals surface area contributed by atoms with Gasteiger partial charge in [0.25, 0.3) is 0 Å². The number of ether oxygens (including phenoxy) is 2. The van der Waals surface area contributed by atoms with Gasteiger partial charge in [-0.3, -0.25) is 9.59 Å². The Morgan fingerprint density at radius 1 is 0.862 bits per heavy atom. The standard InChI is InChI=1S/C23H42O5S/c1-5-9-11-18(7-3)16-27-22(26)15-20(13-14-21(24)25)23(29)28-17-19(8-4)12-10-6-2/h18-20H,5-17H2,1-4H3,(H,24,25). The lowest BCUT2D eigenvalue weighted by Gasteiger charge is -2.21. The van der Waals surface area contributed by atoms with Crippen LogP contribution in [-0.4, -0.2) is 35.3 Å². The van der Waals surface area contributed by atoms with Gasteiger partial charge in [0.2, 0.25) is 0 Å². The summed E-state index contributed by atoms with van der Waals surface area (Å²) < 4.78 is 11.3. The fourth-order valence-electron chi connectivity index (χ4n) is 3.19. The van der Waals surface area contributed by atoms with Gasteiger partial charge >= 0.3 is 11.9 Å². The van der Waals surface area contributed by atoms with Gasteiger partial charge in [-0.15, -0.1) is 0 Å². The molecule has 0 radical (unpaired) electrons. The number of carboxylic acids is 1. The summed E-state index contributed by atoms with van der Waals surface area (Å²) in [5.41, 5.74) is 0. The van der Waals surface area contributed by atoms with Crippen molar-refractivity contribution in [3.8, 4) is 0 Å². The molecule has 0 spiro atoms. The first-order valence-electron chi connectivity index (χ1n) is 11.4. The highest BCUT2D eigenvalue weighted by Crippen LogP contribution is 2.20. The van der Waals surface area contributed by atoms with Crippen molar-refractivity contribution in [3.63, 3.8) is 0 Å². The van der Waals surface area contributed by atoms with E-state index in [4.69, 9.17) is 26.8 Å². The Kier molecular flexibility index (Phi) is 17.0. The molecule has 0 aromatic carbocycles. The van der Waals surface area contributed by atoms with Crippen LogP contribution in [0, 0.1) is 17.8 Å². The second-order valence-electron chi connectivity index (χ2n) is 7.98. The van der Waals surface area contributed by atoms with Crippen LogP contribution in [0.1, 0.15) is 98.3 Å². The number of unbranched alkanes of at least 4 members (excludes halogenated alkanes) is 2. The first-order chi connectivity index (χ1) is 13.9. The fraction of sp³-hybridized carbons (Fsp3) is 0.870. The molecular formula is C23H42O5S. The van der Waals surface area contributed by atoms with E-state index in [0.717, 1.165) is 51.4 Å². The molecule has 0 bridgehead atoms. The molecule has 0 aliphatic carbocycles. The van der Waals surface area contributed by atoms with Crippen molar-refractivity contribution in [2.45, 2.75) is 98.3 Å². The van der Waals surface area contributed by atoms with Crippen LogP contribution in [0.5, 0.6) is 0 Å². The number of esters is 1. The van der Waals surface area contributed by atoms with Crippen LogP contribution in [0.3, 0.4) is 0 Å². The molecule has 0 heterocycles. The summed E-state index contributed by atoms with van der Waals surface area (Å²) in [6.45, 7) is 9.51. The van der Waals surface area contributed by atoms with Gasteiger partial charge in [0.1, 0.15) is 0 Å². The van der Waals surface area contributed by atoms with Crippen molar-refractivity contribution in [1.82, 2.24) is 0 Å². The Hall–Kier alpha value is -1.17. The van der Waals surface area contributed by atoms with Gasteiger partial charge in [-0.1, -0.05) is 66.2 Å². The topological polar surface area (TPSA) is 72.8 Å². The first kappa shape index (κ1) is 27.8. The summed E-state index contributed by atoms with van der Waals surface area (Å²) >= 11 is 5.42. The Bertz CT molecular complexity index is 466. The summed E-state index contributed by atoms with van der Waals surface area (Å²) in [5.74, 6) is -0.800. The molecule has 0 aliphatic rings. The van der Waals surface area contributed by atoms with Crippen LogP contribution in [0.2, 0.25) is 0 Å². The van der Waals surface area contributed by atoms with Gasteiger partial charge in [-0.2, -0.15) is 0 Å². The van der Waals surface area contributed by atoms with Crippen molar-refractivity contribution in [2.75, 3.05) is 13.2 Å². The molecule has 0 saturated heterocycles. The molecule has 0 aromatic rings. The highest BCUT2D eigenvalue weighted by atomic mass is 32.1. The minimum atomic E-state index is -0.897.